The summed E-state index contributed by atoms with van der Waals surface area (Å²) in [6.07, 6.45) is 3.93. The smallest absolute Gasteiger partial charge is 0.226 e. The Balaban J connectivity index is 0.00000192. The molecule has 1 fully saturated rings. The van der Waals surface area contributed by atoms with Crippen molar-refractivity contribution in [2.75, 3.05) is 18.4 Å². The molecular weight excluding hydrogens is 330 g/mol. The SMILES string of the molecule is Cl.O=C(CCC1CCNCC1)Nc1nc(-c2ccccc2)cs1. The average molecular weight is 352 g/mol. The Bertz CT molecular complexity index is 611. The molecule has 0 spiro atoms. The number of amides is 1. The third kappa shape index (κ3) is 5.30. The number of halogens is 1. The molecule has 0 unspecified atom stereocenters. The first-order chi connectivity index (χ1) is 10.8. The first kappa shape index (κ1) is 17.9. The molecule has 2 heterocycles. The number of carbonyl (C=O) groups is 1. The second-order valence-corrected chi connectivity index (χ2v) is 6.54. The summed E-state index contributed by atoms with van der Waals surface area (Å²) in [7, 11) is 0. The minimum atomic E-state index is 0. The lowest BCUT2D eigenvalue weighted by atomic mass is 9.93. The minimum Gasteiger partial charge on any atom is -0.317 e. The van der Waals surface area contributed by atoms with Crippen molar-refractivity contribution in [3.8, 4) is 11.3 Å². The second kappa shape index (κ2) is 9.01. The van der Waals surface area contributed by atoms with E-state index in [1.165, 1.54) is 24.2 Å². The standard InChI is InChI=1S/C17H21N3OS.ClH/c21-16(7-6-13-8-10-18-11-9-13)20-17-19-15(12-22-17)14-4-2-1-3-5-14;/h1-5,12-13,18H,6-11H2,(H,19,20,21);1H. The maximum atomic E-state index is 12.0. The summed E-state index contributed by atoms with van der Waals surface area (Å²) in [5.41, 5.74) is 1.99. The summed E-state index contributed by atoms with van der Waals surface area (Å²) < 4.78 is 0. The van der Waals surface area contributed by atoms with Crippen LogP contribution in [0.25, 0.3) is 11.3 Å². The monoisotopic (exact) mass is 351 g/mol. The van der Waals surface area contributed by atoms with Crippen LogP contribution in [0.4, 0.5) is 5.13 Å². The number of benzene rings is 1. The Morgan fingerprint density at radius 2 is 2.00 bits per heavy atom. The van der Waals surface area contributed by atoms with Crippen molar-refractivity contribution in [2.24, 2.45) is 5.92 Å². The molecule has 23 heavy (non-hydrogen) atoms. The minimum absolute atomic E-state index is 0. The lowest BCUT2D eigenvalue weighted by molar-refractivity contribution is -0.116. The van der Waals surface area contributed by atoms with Crippen LogP contribution in [0.15, 0.2) is 35.7 Å². The number of rotatable bonds is 5. The lowest BCUT2D eigenvalue weighted by Gasteiger charge is -2.21. The highest BCUT2D eigenvalue weighted by molar-refractivity contribution is 7.14. The molecule has 0 aliphatic carbocycles. The summed E-state index contributed by atoms with van der Waals surface area (Å²) >= 11 is 1.48. The largest absolute Gasteiger partial charge is 0.317 e. The molecule has 6 heteroatoms. The van der Waals surface area contributed by atoms with Crippen molar-refractivity contribution in [2.45, 2.75) is 25.7 Å². The maximum Gasteiger partial charge on any atom is 0.226 e. The zero-order valence-corrected chi connectivity index (χ0v) is 14.6. The van der Waals surface area contributed by atoms with E-state index >= 15 is 0 Å². The van der Waals surface area contributed by atoms with Crippen LogP contribution >= 0.6 is 23.7 Å². The van der Waals surface area contributed by atoms with Crippen LogP contribution in [-0.2, 0) is 4.79 Å². The van der Waals surface area contributed by atoms with Gasteiger partial charge in [0.05, 0.1) is 5.69 Å². The first-order valence-electron chi connectivity index (χ1n) is 7.83. The van der Waals surface area contributed by atoms with Crippen LogP contribution in [0.3, 0.4) is 0 Å². The summed E-state index contributed by atoms with van der Waals surface area (Å²) in [4.78, 5) is 16.5. The van der Waals surface area contributed by atoms with E-state index in [0.717, 1.165) is 30.8 Å². The van der Waals surface area contributed by atoms with Gasteiger partial charge in [-0.1, -0.05) is 30.3 Å². The normalized spacial score (nSPS) is 15.0. The van der Waals surface area contributed by atoms with Gasteiger partial charge in [0.15, 0.2) is 5.13 Å². The highest BCUT2D eigenvalue weighted by atomic mass is 35.5. The van der Waals surface area contributed by atoms with Gasteiger partial charge < -0.3 is 10.6 Å². The van der Waals surface area contributed by atoms with Gasteiger partial charge in [-0.2, -0.15) is 0 Å². The average Bonchev–Trinajstić information content (AvgIpc) is 3.03. The molecule has 2 aromatic rings. The maximum absolute atomic E-state index is 12.0. The van der Waals surface area contributed by atoms with Crippen molar-refractivity contribution in [3.05, 3.63) is 35.7 Å². The molecule has 1 amide bonds. The van der Waals surface area contributed by atoms with Crippen molar-refractivity contribution in [1.29, 1.82) is 0 Å². The summed E-state index contributed by atoms with van der Waals surface area (Å²) in [6, 6.07) is 10.0. The van der Waals surface area contributed by atoms with Crippen LogP contribution in [-0.4, -0.2) is 24.0 Å². The molecule has 4 nitrogen and oxygen atoms in total. The van der Waals surface area contributed by atoms with Gasteiger partial charge in [-0.05, 0) is 38.3 Å². The number of hydrogen-bond acceptors (Lipinski definition) is 4. The van der Waals surface area contributed by atoms with Gasteiger partial charge >= 0.3 is 0 Å². The zero-order chi connectivity index (χ0) is 15.2. The van der Waals surface area contributed by atoms with Gasteiger partial charge in [-0.25, -0.2) is 4.98 Å². The molecule has 1 aliphatic rings. The molecule has 0 bridgehead atoms. The second-order valence-electron chi connectivity index (χ2n) is 5.68. The van der Waals surface area contributed by atoms with Crippen molar-refractivity contribution in [1.82, 2.24) is 10.3 Å². The quantitative estimate of drug-likeness (QED) is 0.857. The lowest BCUT2D eigenvalue weighted by Crippen LogP contribution is -2.28. The van der Waals surface area contributed by atoms with E-state index in [-0.39, 0.29) is 18.3 Å². The van der Waals surface area contributed by atoms with E-state index in [2.05, 4.69) is 15.6 Å². The van der Waals surface area contributed by atoms with E-state index < -0.39 is 0 Å². The van der Waals surface area contributed by atoms with Gasteiger partial charge in [0, 0.05) is 17.4 Å². The Morgan fingerprint density at radius 1 is 1.26 bits per heavy atom. The fraction of sp³-hybridized carbons (Fsp3) is 0.412. The number of anilines is 1. The molecule has 0 saturated carbocycles. The number of aromatic nitrogens is 1. The molecule has 0 atom stereocenters. The van der Waals surface area contributed by atoms with Crippen molar-refractivity contribution in [3.63, 3.8) is 0 Å². The van der Waals surface area contributed by atoms with Gasteiger partial charge in [0.1, 0.15) is 0 Å². The molecule has 1 aromatic carbocycles. The summed E-state index contributed by atoms with van der Waals surface area (Å²) in [5.74, 6) is 0.760. The van der Waals surface area contributed by atoms with E-state index in [1.807, 2.05) is 35.7 Å². The van der Waals surface area contributed by atoms with Crippen LogP contribution in [0.1, 0.15) is 25.7 Å². The highest BCUT2D eigenvalue weighted by Crippen LogP contribution is 2.25. The van der Waals surface area contributed by atoms with Gasteiger partial charge in [-0.15, -0.1) is 23.7 Å². The van der Waals surface area contributed by atoms with E-state index in [4.69, 9.17) is 0 Å². The summed E-state index contributed by atoms with van der Waals surface area (Å²) in [5, 5.41) is 8.95. The number of thiazole rings is 1. The summed E-state index contributed by atoms with van der Waals surface area (Å²) in [6.45, 7) is 2.17. The zero-order valence-electron chi connectivity index (χ0n) is 13.0. The van der Waals surface area contributed by atoms with Crippen LogP contribution in [0, 0.1) is 5.92 Å². The Labute approximate surface area is 147 Å². The van der Waals surface area contributed by atoms with Crippen LogP contribution < -0.4 is 10.6 Å². The molecular formula is C17H22ClN3OS. The van der Waals surface area contributed by atoms with Gasteiger partial charge in [-0.3, -0.25) is 4.79 Å². The number of nitrogens with zero attached hydrogens (tertiary/aromatic N) is 1. The predicted molar refractivity (Wildman–Crippen MR) is 98.3 cm³/mol. The number of carbonyl (C=O) groups excluding carboxylic acids is 1. The van der Waals surface area contributed by atoms with Crippen LogP contribution in [0.5, 0.6) is 0 Å². The Morgan fingerprint density at radius 3 is 2.74 bits per heavy atom. The molecule has 0 radical (unpaired) electrons. The third-order valence-corrected chi connectivity index (χ3v) is 4.82. The molecule has 1 aliphatic heterocycles. The first-order valence-corrected chi connectivity index (χ1v) is 8.71. The van der Waals surface area contributed by atoms with Gasteiger partial charge in [0.25, 0.3) is 0 Å². The van der Waals surface area contributed by atoms with Crippen LogP contribution in [0.2, 0.25) is 0 Å². The van der Waals surface area contributed by atoms with E-state index in [9.17, 15) is 4.79 Å². The molecule has 124 valence electrons. The fourth-order valence-corrected chi connectivity index (χ4v) is 3.50. The van der Waals surface area contributed by atoms with Crippen molar-refractivity contribution < 1.29 is 4.79 Å². The predicted octanol–water partition coefficient (Wildman–Crippen LogP) is 3.95. The van der Waals surface area contributed by atoms with Gasteiger partial charge in [0.2, 0.25) is 5.91 Å². The van der Waals surface area contributed by atoms with E-state index in [1.54, 1.807) is 0 Å². The number of nitrogens with one attached hydrogen (secondary N) is 2. The Kier molecular flexibility index (Phi) is 7.02. The molecule has 3 rings (SSSR count). The molecule has 1 aromatic heterocycles. The fourth-order valence-electron chi connectivity index (χ4n) is 2.76. The highest BCUT2D eigenvalue weighted by Gasteiger charge is 2.15. The topological polar surface area (TPSA) is 54.0 Å². The van der Waals surface area contributed by atoms with Crippen molar-refractivity contribution >= 4 is 34.8 Å². The third-order valence-electron chi connectivity index (χ3n) is 4.06. The number of hydrogen-bond donors (Lipinski definition) is 2. The Hall–Kier alpha value is -1.43. The van der Waals surface area contributed by atoms with E-state index in [0.29, 0.717) is 17.5 Å². The number of piperidine rings is 1. The molecule has 1 saturated heterocycles. The molecule has 2 N–H and O–H groups in total.